The summed E-state index contributed by atoms with van der Waals surface area (Å²) in [7, 11) is 1.46. The van der Waals surface area contributed by atoms with E-state index in [9.17, 15) is 4.79 Å². The Labute approximate surface area is 104 Å². The first kappa shape index (κ1) is 11.8. The number of nitrogen functional groups attached to an aromatic ring is 1. The predicted octanol–water partition coefficient (Wildman–Crippen LogP) is 1.44. The highest BCUT2D eigenvalue weighted by Crippen LogP contribution is 2.24. The highest BCUT2D eigenvalue weighted by atomic mass is 16.6. The van der Waals surface area contributed by atoms with Gasteiger partial charge in [0.05, 0.1) is 11.9 Å². The summed E-state index contributed by atoms with van der Waals surface area (Å²) in [5.41, 5.74) is 7.59. The zero-order valence-electron chi connectivity index (χ0n) is 9.75. The predicted molar refractivity (Wildman–Crippen MR) is 67.0 cm³/mol. The number of anilines is 1. The first-order valence-corrected chi connectivity index (χ1v) is 5.28. The molecule has 0 saturated carbocycles. The molecule has 0 aliphatic heterocycles. The lowest BCUT2D eigenvalue weighted by molar-refractivity contribution is 0.199. The number of nitrogens with two attached hydrogens (primary N) is 1. The van der Waals surface area contributed by atoms with E-state index in [4.69, 9.17) is 10.5 Å². The Morgan fingerprint density at radius 2 is 2.06 bits per heavy atom. The van der Waals surface area contributed by atoms with Crippen molar-refractivity contribution in [3.05, 3.63) is 36.5 Å². The van der Waals surface area contributed by atoms with Crippen molar-refractivity contribution in [2.75, 3.05) is 12.8 Å². The molecule has 0 aliphatic rings. The number of ether oxygens (including phenoxy) is 1. The van der Waals surface area contributed by atoms with Crippen molar-refractivity contribution in [1.29, 1.82) is 0 Å². The van der Waals surface area contributed by atoms with Gasteiger partial charge in [0.15, 0.2) is 0 Å². The van der Waals surface area contributed by atoms with Crippen LogP contribution in [0.2, 0.25) is 0 Å². The third kappa shape index (κ3) is 2.54. The fraction of sp³-hybridized carbons (Fsp3) is 0.0833. The molecule has 0 fully saturated rings. The summed E-state index contributed by atoms with van der Waals surface area (Å²) in [4.78, 5) is 19.0. The van der Waals surface area contributed by atoms with E-state index in [1.165, 1.54) is 13.2 Å². The summed E-state index contributed by atoms with van der Waals surface area (Å²) in [6.07, 6.45) is 0.784. The van der Waals surface area contributed by atoms with Gasteiger partial charge >= 0.3 is 12.1 Å². The summed E-state index contributed by atoms with van der Waals surface area (Å²) >= 11 is 0. The quantitative estimate of drug-likeness (QED) is 0.834. The molecule has 0 bridgehead atoms. The van der Waals surface area contributed by atoms with Gasteiger partial charge in [-0.05, 0) is 0 Å². The molecule has 2 rings (SSSR count). The largest absolute Gasteiger partial charge is 0.414 e. The number of nitrogens with one attached hydrogen (secondary N) is 1. The molecule has 6 nitrogen and oxygen atoms in total. The fourth-order valence-electron chi connectivity index (χ4n) is 1.39. The Morgan fingerprint density at radius 3 is 2.72 bits per heavy atom. The van der Waals surface area contributed by atoms with Crippen LogP contribution in [0.25, 0.3) is 11.3 Å². The van der Waals surface area contributed by atoms with Crippen molar-refractivity contribution in [3.63, 3.8) is 0 Å². The minimum Gasteiger partial charge on any atom is -0.396 e. The van der Waals surface area contributed by atoms with Gasteiger partial charge in [-0.2, -0.15) is 4.98 Å². The molecule has 6 heteroatoms. The van der Waals surface area contributed by atoms with Crippen LogP contribution in [-0.2, 0) is 0 Å². The van der Waals surface area contributed by atoms with Gasteiger partial charge in [-0.15, -0.1) is 0 Å². The van der Waals surface area contributed by atoms with E-state index in [-0.39, 0.29) is 6.01 Å². The second-order valence-corrected chi connectivity index (χ2v) is 3.46. The van der Waals surface area contributed by atoms with Crippen molar-refractivity contribution in [2.24, 2.45) is 0 Å². The number of carbonyl (C=O) groups excluding carboxylic acids is 1. The molecule has 18 heavy (non-hydrogen) atoms. The number of amides is 1. The number of nitrogens with zero attached hydrogens (tertiary/aromatic N) is 2. The van der Waals surface area contributed by atoms with Crippen molar-refractivity contribution < 1.29 is 9.53 Å². The molecule has 2 aromatic rings. The number of hydrogen-bond acceptors (Lipinski definition) is 5. The number of hydrogen-bond donors (Lipinski definition) is 2. The van der Waals surface area contributed by atoms with Gasteiger partial charge in [0, 0.05) is 12.6 Å². The molecule has 0 atom stereocenters. The van der Waals surface area contributed by atoms with E-state index in [1.807, 2.05) is 30.3 Å². The van der Waals surface area contributed by atoms with Crippen molar-refractivity contribution in [1.82, 2.24) is 15.3 Å². The van der Waals surface area contributed by atoms with Gasteiger partial charge in [-0.1, -0.05) is 30.3 Å². The van der Waals surface area contributed by atoms with E-state index in [0.29, 0.717) is 11.4 Å². The number of rotatable bonds is 2. The maximum Gasteiger partial charge on any atom is 0.414 e. The van der Waals surface area contributed by atoms with Crippen molar-refractivity contribution in [3.8, 4) is 17.3 Å². The minimum atomic E-state index is -0.626. The highest BCUT2D eigenvalue weighted by molar-refractivity contribution is 5.73. The number of carbonyl (C=O) groups is 1. The molecule has 1 aromatic heterocycles. The number of aromatic nitrogens is 2. The van der Waals surface area contributed by atoms with E-state index < -0.39 is 6.09 Å². The standard InChI is InChI=1S/C12H12N4O2/c1-14-12(17)18-11-15-7-9(13)10(16-11)8-5-3-2-4-6-8/h2-7H,13H2,1H3,(H,14,17). The lowest BCUT2D eigenvalue weighted by Gasteiger charge is -2.06. The average Bonchev–Trinajstić information content (AvgIpc) is 2.42. The Hall–Kier alpha value is -2.63. The van der Waals surface area contributed by atoms with Crippen molar-refractivity contribution >= 4 is 11.8 Å². The normalized spacial score (nSPS) is 9.83. The molecule has 92 valence electrons. The smallest absolute Gasteiger partial charge is 0.396 e. The first-order valence-electron chi connectivity index (χ1n) is 5.28. The third-order valence-electron chi connectivity index (χ3n) is 2.23. The van der Waals surface area contributed by atoms with Gasteiger partial charge in [0.2, 0.25) is 0 Å². The van der Waals surface area contributed by atoms with Crippen LogP contribution >= 0.6 is 0 Å². The SMILES string of the molecule is CNC(=O)Oc1ncc(N)c(-c2ccccc2)n1. The summed E-state index contributed by atoms with van der Waals surface area (Å²) in [6, 6.07) is 9.32. The average molecular weight is 244 g/mol. The van der Waals surface area contributed by atoms with E-state index in [1.54, 1.807) is 0 Å². The summed E-state index contributed by atoms with van der Waals surface area (Å²) in [5, 5.41) is 2.31. The van der Waals surface area contributed by atoms with Crippen LogP contribution in [0.1, 0.15) is 0 Å². The van der Waals surface area contributed by atoms with Gasteiger partial charge < -0.3 is 15.8 Å². The maximum absolute atomic E-state index is 11.1. The zero-order valence-corrected chi connectivity index (χ0v) is 9.75. The van der Waals surface area contributed by atoms with Crippen LogP contribution in [0.4, 0.5) is 10.5 Å². The maximum atomic E-state index is 11.1. The third-order valence-corrected chi connectivity index (χ3v) is 2.23. The second-order valence-electron chi connectivity index (χ2n) is 3.46. The van der Waals surface area contributed by atoms with E-state index in [2.05, 4.69) is 15.3 Å². The van der Waals surface area contributed by atoms with Crippen LogP contribution < -0.4 is 15.8 Å². The van der Waals surface area contributed by atoms with Gasteiger partial charge in [0.25, 0.3) is 0 Å². The van der Waals surface area contributed by atoms with Gasteiger partial charge in [-0.3, -0.25) is 0 Å². The zero-order chi connectivity index (χ0) is 13.0. The molecule has 1 amide bonds. The summed E-state index contributed by atoms with van der Waals surface area (Å²) in [5.74, 6) is 0. The number of benzene rings is 1. The summed E-state index contributed by atoms with van der Waals surface area (Å²) in [6.45, 7) is 0. The Morgan fingerprint density at radius 1 is 1.33 bits per heavy atom. The molecule has 3 N–H and O–H groups in total. The van der Waals surface area contributed by atoms with Crippen LogP contribution in [0.5, 0.6) is 6.01 Å². The lowest BCUT2D eigenvalue weighted by atomic mass is 10.1. The molecule has 0 aliphatic carbocycles. The van der Waals surface area contributed by atoms with Crippen LogP contribution in [0.15, 0.2) is 36.5 Å². The second kappa shape index (κ2) is 5.13. The monoisotopic (exact) mass is 244 g/mol. The Kier molecular flexibility index (Phi) is 3.38. The van der Waals surface area contributed by atoms with Crippen molar-refractivity contribution in [2.45, 2.75) is 0 Å². The molecule has 0 spiro atoms. The molecular formula is C12H12N4O2. The van der Waals surface area contributed by atoms with Gasteiger partial charge in [-0.25, -0.2) is 9.78 Å². The van der Waals surface area contributed by atoms with E-state index >= 15 is 0 Å². The molecule has 1 heterocycles. The molecule has 0 saturated heterocycles. The molecule has 0 unspecified atom stereocenters. The fourth-order valence-corrected chi connectivity index (χ4v) is 1.39. The van der Waals surface area contributed by atoms with Crippen LogP contribution in [0.3, 0.4) is 0 Å². The minimum absolute atomic E-state index is 0.0394. The first-order chi connectivity index (χ1) is 8.70. The van der Waals surface area contributed by atoms with E-state index in [0.717, 1.165) is 5.56 Å². The van der Waals surface area contributed by atoms with Crippen LogP contribution in [-0.4, -0.2) is 23.1 Å². The molecular weight excluding hydrogens is 232 g/mol. The Bertz CT molecular complexity index is 557. The lowest BCUT2D eigenvalue weighted by Crippen LogP contribution is -2.23. The molecule has 0 radical (unpaired) electrons. The topological polar surface area (TPSA) is 90.1 Å². The van der Waals surface area contributed by atoms with Gasteiger partial charge in [0.1, 0.15) is 5.69 Å². The Balaban J connectivity index is 2.36. The van der Waals surface area contributed by atoms with Crippen LogP contribution in [0, 0.1) is 0 Å². The summed E-state index contributed by atoms with van der Waals surface area (Å²) < 4.78 is 4.85. The molecule has 1 aromatic carbocycles. The highest BCUT2D eigenvalue weighted by Gasteiger charge is 2.10.